The summed E-state index contributed by atoms with van der Waals surface area (Å²) in [6.07, 6.45) is 19.9. The Labute approximate surface area is 192 Å². The van der Waals surface area contributed by atoms with Gasteiger partial charge in [-0.2, -0.15) is 0 Å². The van der Waals surface area contributed by atoms with Crippen molar-refractivity contribution in [3.63, 3.8) is 0 Å². The van der Waals surface area contributed by atoms with Gasteiger partial charge in [-0.05, 0) is 12.8 Å². The average Bonchev–Trinajstić information content (AvgIpc) is 2.49. The van der Waals surface area contributed by atoms with Crippen molar-refractivity contribution in [2.24, 2.45) is 0 Å². The second-order valence-corrected chi connectivity index (χ2v) is 22.0. The van der Waals surface area contributed by atoms with Crippen LogP contribution in [0.2, 0.25) is 0 Å². The molecule has 0 aromatic carbocycles. The van der Waals surface area contributed by atoms with Crippen molar-refractivity contribution in [2.75, 3.05) is 0 Å². The van der Waals surface area contributed by atoms with Crippen LogP contribution in [0.15, 0.2) is 0 Å². The molecule has 152 valence electrons. The monoisotopic (exact) mass is 478 g/mol. The summed E-state index contributed by atoms with van der Waals surface area (Å²) in [4.78, 5) is 10.2. The molecule has 0 rings (SSSR count). The summed E-state index contributed by atoms with van der Waals surface area (Å²) in [5, 5.41) is 10.2. The first-order chi connectivity index (χ1) is 11.8. The molecule has 0 aromatic heterocycles. The molecule has 0 spiro atoms. The molecule has 0 atom stereocenters. The maximum Gasteiger partial charge on any atom is 1.00 e. The molecule has 2 nitrogen and oxygen atoms in total. The van der Waals surface area contributed by atoms with Crippen LogP contribution in [0.5, 0.6) is 0 Å². The maximum absolute atomic E-state index is 10.2. The van der Waals surface area contributed by atoms with Gasteiger partial charge in [0.15, 0.2) is 0 Å². The molecule has 0 radical (unpaired) electrons. The third-order valence-electron chi connectivity index (χ3n) is 3.98. The Hall–Kier alpha value is 1.94. The number of carboxylic acid groups (broad SMARTS) is 1. The Bertz CT molecular complexity index is 287. The van der Waals surface area contributed by atoms with Crippen molar-refractivity contribution in [1.82, 2.24) is 0 Å². The predicted molar refractivity (Wildman–Crippen MR) is 108 cm³/mol. The molecular formula is C18H35Cl4LiO2Ti. The fourth-order valence-electron chi connectivity index (χ4n) is 2.64. The van der Waals surface area contributed by atoms with Crippen molar-refractivity contribution in [2.45, 2.75) is 110 Å². The SMILES string of the molecule is CCCCCCCCCCCCCCCCCC(=O)[O-].[Cl][Ti]([Cl])([Cl])[Cl].[Li+]. The Balaban J connectivity index is -0.000000772. The molecular weight excluding hydrogens is 445 g/mol. The first-order valence-electron chi connectivity index (χ1n) is 9.72. The average molecular weight is 480 g/mol. The van der Waals surface area contributed by atoms with Crippen LogP contribution in [0.4, 0.5) is 0 Å². The molecule has 0 fully saturated rings. The third kappa shape index (κ3) is 45.0. The standard InChI is InChI=1S/C18H36O2.4ClH.Li.Ti/c1-2-3-4-5-6-7-8-9-10-11-12-13-14-15-16-17-18(19)20;;;;;;/h2-17H2,1H3,(H,19,20);4*1H;;/q;;;;;+1;+4/p-5. The van der Waals surface area contributed by atoms with Gasteiger partial charge in [-0.3, -0.25) is 0 Å². The zero-order valence-corrected chi connectivity index (χ0v) is 21.2. The van der Waals surface area contributed by atoms with Crippen LogP contribution in [0.3, 0.4) is 0 Å². The molecule has 0 aliphatic heterocycles. The molecule has 0 saturated carbocycles. The quantitative estimate of drug-likeness (QED) is 0.236. The minimum atomic E-state index is -3.11. The molecule has 8 heteroatoms. The number of halogens is 4. The third-order valence-corrected chi connectivity index (χ3v) is 3.98. The van der Waals surface area contributed by atoms with Crippen LogP contribution in [0.1, 0.15) is 110 Å². The fraction of sp³-hybridized carbons (Fsp3) is 0.944. The molecule has 0 amide bonds. The smallest absolute Gasteiger partial charge is 1.00 e. The Morgan fingerprint density at radius 3 is 1.12 bits per heavy atom. The fourth-order valence-corrected chi connectivity index (χ4v) is 2.64. The first kappa shape index (κ1) is 32.6. The Morgan fingerprint density at radius 2 is 0.885 bits per heavy atom. The Kier molecular flexibility index (Phi) is 31.3. The van der Waals surface area contributed by atoms with Crippen molar-refractivity contribution >= 4 is 43.2 Å². The van der Waals surface area contributed by atoms with Crippen LogP contribution in [-0.2, 0) is 17.1 Å². The van der Waals surface area contributed by atoms with E-state index in [2.05, 4.69) is 6.92 Å². The van der Waals surface area contributed by atoms with Crippen molar-refractivity contribution in [3.05, 3.63) is 0 Å². The van der Waals surface area contributed by atoms with Crippen molar-refractivity contribution in [1.29, 1.82) is 0 Å². The molecule has 0 aliphatic rings. The van der Waals surface area contributed by atoms with E-state index in [1.807, 2.05) is 0 Å². The minimum Gasteiger partial charge on any atom is 1.00 e. The van der Waals surface area contributed by atoms with Gasteiger partial charge in [-0.25, -0.2) is 0 Å². The van der Waals surface area contributed by atoms with Crippen molar-refractivity contribution < 1.29 is 41.1 Å². The first-order valence-corrected chi connectivity index (χ1v) is 18.3. The number of aliphatic carboxylic acids is 1. The summed E-state index contributed by atoms with van der Waals surface area (Å²) < 4.78 is 0. The Morgan fingerprint density at radius 1 is 0.654 bits per heavy atom. The number of hydrogen-bond donors (Lipinski definition) is 0. The van der Waals surface area contributed by atoms with Gasteiger partial charge in [0.1, 0.15) is 0 Å². The molecule has 26 heavy (non-hydrogen) atoms. The number of carbonyl (C=O) groups is 1. The topological polar surface area (TPSA) is 40.1 Å². The molecule has 0 aromatic rings. The van der Waals surface area contributed by atoms with Crippen LogP contribution >= 0.6 is 37.2 Å². The van der Waals surface area contributed by atoms with Crippen LogP contribution in [-0.4, -0.2) is 5.97 Å². The van der Waals surface area contributed by atoms with E-state index in [1.165, 1.54) is 83.5 Å². The number of carboxylic acids is 1. The minimum absolute atomic E-state index is 0. The molecule has 0 aliphatic carbocycles. The van der Waals surface area contributed by atoms with E-state index in [0.717, 1.165) is 12.8 Å². The molecule has 0 unspecified atom stereocenters. The van der Waals surface area contributed by atoms with Gasteiger partial charge >= 0.3 is 68.4 Å². The second kappa shape index (κ2) is 25.0. The van der Waals surface area contributed by atoms with E-state index < -0.39 is 18.3 Å². The zero-order valence-electron chi connectivity index (χ0n) is 16.6. The number of carbonyl (C=O) groups excluding carboxylic acids is 1. The van der Waals surface area contributed by atoms with E-state index in [9.17, 15) is 9.90 Å². The van der Waals surface area contributed by atoms with E-state index >= 15 is 0 Å². The van der Waals surface area contributed by atoms with Gasteiger partial charge in [0, 0.05) is 5.97 Å². The summed E-state index contributed by atoms with van der Waals surface area (Å²) >= 11 is -3.11. The maximum atomic E-state index is 10.2. The summed E-state index contributed by atoms with van der Waals surface area (Å²) in [6, 6.07) is 0. The summed E-state index contributed by atoms with van der Waals surface area (Å²) in [7, 11) is 20.1. The summed E-state index contributed by atoms with van der Waals surface area (Å²) in [5.74, 6) is -0.903. The molecule has 0 N–H and O–H groups in total. The van der Waals surface area contributed by atoms with Gasteiger partial charge in [0.2, 0.25) is 0 Å². The molecule has 0 bridgehead atoms. The number of rotatable bonds is 16. The predicted octanol–water partition coefficient (Wildman–Crippen LogP) is 4.76. The van der Waals surface area contributed by atoms with Gasteiger partial charge in [-0.15, -0.1) is 0 Å². The summed E-state index contributed by atoms with van der Waals surface area (Å²) in [5.41, 5.74) is 0. The van der Waals surface area contributed by atoms with Gasteiger partial charge in [-0.1, -0.05) is 96.8 Å². The largest absolute Gasteiger partial charge is 1.00 e. The summed E-state index contributed by atoms with van der Waals surface area (Å²) in [6.45, 7) is 2.27. The van der Waals surface area contributed by atoms with E-state index in [1.54, 1.807) is 0 Å². The van der Waals surface area contributed by atoms with Gasteiger partial charge in [0.05, 0.1) is 0 Å². The zero-order chi connectivity index (χ0) is 19.4. The number of unbranched alkanes of at least 4 members (excludes halogenated alkanes) is 14. The molecule has 0 saturated heterocycles. The van der Waals surface area contributed by atoms with Gasteiger partial charge in [0.25, 0.3) is 0 Å². The van der Waals surface area contributed by atoms with E-state index in [4.69, 9.17) is 37.2 Å². The second-order valence-electron chi connectivity index (χ2n) is 6.50. The van der Waals surface area contributed by atoms with Gasteiger partial charge < -0.3 is 9.90 Å². The van der Waals surface area contributed by atoms with Crippen molar-refractivity contribution in [3.8, 4) is 0 Å². The van der Waals surface area contributed by atoms with E-state index in [-0.39, 0.29) is 25.3 Å². The van der Waals surface area contributed by atoms with Crippen LogP contribution in [0.25, 0.3) is 0 Å². The number of hydrogen-bond acceptors (Lipinski definition) is 2. The van der Waals surface area contributed by atoms with Crippen LogP contribution in [0, 0.1) is 0 Å². The van der Waals surface area contributed by atoms with E-state index in [0.29, 0.717) is 0 Å². The molecule has 0 heterocycles. The van der Waals surface area contributed by atoms with Crippen LogP contribution < -0.4 is 24.0 Å². The normalized spacial score (nSPS) is 10.7.